The molecule has 8 heteroatoms. The van der Waals surface area contributed by atoms with Crippen LogP contribution in [0.1, 0.15) is 38.5 Å². The molecule has 4 rings (SSSR count). The molecule has 0 saturated carbocycles. The van der Waals surface area contributed by atoms with Gasteiger partial charge in [-0.3, -0.25) is 0 Å². The molecule has 4 unspecified atom stereocenters. The van der Waals surface area contributed by atoms with Crippen LogP contribution in [0.3, 0.4) is 0 Å². The highest BCUT2D eigenvalue weighted by Crippen LogP contribution is 2.23. The lowest BCUT2D eigenvalue weighted by molar-refractivity contribution is -0.916. The second-order valence-corrected chi connectivity index (χ2v) is 9.92. The molecule has 0 aromatic carbocycles. The Morgan fingerprint density at radius 3 is 1.37 bits per heavy atom. The van der Waals surface area contributed by atoms with E-state index in [0.717, 1.165) is 22.1 Å². The first-order valence-corrected chi connectivity index (χ1v) is 11.4. The van der Waals surface area contributed by atoms with Gasteiger partial charge in [0, 0.05) is 0 Å². The lowest BCUT2D eigenvalue weighted by atomic mass is 10.1. The van der Waals surface area contributed by atoms with Gasteiger partial charge in [0.05, 0.1) is 53.5 Å². The topological polar surface area (TPSA) is 36.9 Å². The lowest BCUT2D eigenvalue weighted by Crippen LogP contribution is -3.00. The zero-order valence-corrected chi connectivity index (χ0v) is 23.0. The van der Waals surface area contributed by atoms with Crippen LogP contribution >= 0.6 is 0 Å². The standard InChI is InChI=1S/C22H40N2O4.2HI/c1-23(11-5-3-6-12-23)15-19-17-25-21(27-19)9-10-22-26-18-20(28-22)16-24(2)13-7-4-8-14-24;;/h9-10,19-22H,3-8,11-18H2,1-2H3;2*1H/q+2;;/p-2. The summed E-state index contributed by atoms with van der Waals surface area (Å²) in [6.45, 7) is 8.55. The summed E-state index contributed by atoms with van der Waals surface area (Å²) in [4.78, 5) is 0. The van der Waals surface area contributed by atoms with Crippen molar-refractivity contribution in [1.82, 2.24) is 0 Å². The van der Waals surface area contributed by atoms with Crippen molar-refractivity contribution in [2.75, 3.05) is 66.6 Å². The van der Waals surface area contributed by atoms with Gasteiger partial charge in [-0.1, -0.05) is 0 Å². The van der Waals surface area contributed by atoms with Gasteiger partial charge in [-0.25, -0.2) is 0 Å². The van der Waals surface area contributed by atoms with Crippen LogP contribution in [0.4, 0.5) is 0 Å². The Morgan fingerprint density at radius 2 is 1.00 bits per heavy atom. The second-order valence-electron chi connectivity index (χ2n) is 9.92. The average molecular weight is 650 g/mol. The molecular weight excluding hydrogens is 610 g/mol. The monoisotopic (exact) mass is 650 g/mol. The number of likely N-dealkylation sites (N-methyl/N-ethyl adjacent to an activating group) is 2. The minimum absolute atomic E-state index is 0. The van der Waals surface area contributed by atoms with Crippen LogP contribution in [0.5, 0.6) is 0 Å². The molecule has 6 nitrogen and oxygen atoms in total. The number of ether oxygens (including phenoxy) is 4. The third kappa shape index (κ3) is 7.78. The molecule has 0 N–H and O–H groups in total. The Kier molecular flexibility index (Phi) is 11.3. The molecule has 0 amide bonds. The van der Waals surface area contributed by atoms with E-state index >= 15 is 0 Å². The van der Waals surface area contributed by atoms with E-state index in [9.17, 15) is 0 Å². The number of quaternary nitrogens is 2. The summed E-state index contributed by atoms with van der Waals surface area (Å²) >= 11 is 0. The maximum absolute atomic E-state index is 6.11. The molecule has 0 aliphatic carbocycles. The number of halogens is 2. The van der Waals surface area contributed by atoms with Crippen LogP contribution in [0.25, 0.3) is 0 Å². The smallest absolute Gasteiger partial charge is 0.177 e. The molecule has 30 heavy (non-hydrogen) atoms. The first-order chi connectivity index (χ1) is 13.5. The van der Waals surface area contributed by atoms with Gasteiger partial charge in [-0.2, -0.15) is 0 Å². The Balaban J connectivity index is 0.00000160. The summed E-state index contributed by atoms with van der Waals surface area (Å²) in [5.74, 6) is 0. The van der Waals surface area contributed by atoms with Crippen LogP contribution in [0.15, 0.2) is 12.2 Å². The highest BCUT2D eigenvalue weighted by atomic mass is 127. The number of hydrogen-bond donors (Lipinski definition) is 0. The van der Waals surface area contributed by atoms with Gasteiger partial charge in [0.25, 0.3) is 0 Å². The van der Waals surface area contributed by atoms with Crippen LogP contribution in [0.2, 0.25) is 0 Å². The molecule has 0 aromatic rings. The van der Waals surface area contributed by atoms with Crippen LogP contribution < -0.4 is 48.0 Å². The van der Waals surface area contributed by atoms with Crippen molar-refractivity contribution < 1.29 is 75.9 Å². The molecule has 176 valence electrons. The first kappa shape index (κ1) is 27.2. The Morgan fingerprint density at radius 1 is 0.633 bits per heavy atom. The van der Waals surface area contributed by atoms with Crippen molar-refractivity contribution in [3.63, 3.8) is 0 Å². The lowest BCUT2D eigenvalue weighted by Gasteiger charge is -2.39. The molecule has 0 radical (unpaired) electrons. The Hall–Kier alpha value is 0.960. The summed E-state index contributed by atoms with van der Waals surface area (Å²) in [6, 6.07) is 0. The van der Waals surface area contributed by atoms with Crippen molar-refractivity contribution in [2.24, 2.45) is 0 Å². The predicted molar refractivity (Wildman–Crippen MR) is 108 cm³/mol. The average Bonchev–Trinajstić information content (AvgIpc) is 3.29. The van der Waals surface area contributed by atoms with Gasteiger partial charge in [0.2, 0.25) is 0 Å². The molecule has 0 spiro atoms. The fraction of sp³-hybridized carbons (Fsp3) is 0.909. The number of likely N-dealkylation sites (tertiary alicyclic amines) is 2. The van der Waals surface area contributed by atoms with E-state index in [2.05, 4.69) is 14.1 Å². The third-order valence-electron chi connectivity index (χ3n) is 7.05. The molecule has 4 aliphatic rings. The molecule has 4 saturated heterocycles. The van der Waals surface area contributed by atoms with Crippen molar-refractivity contribution in [1.29, 1.82) is 0 Å². The molecular formula is C22H40I2N2O4. The molecule has 4 heterocycles. The minimum atomic E-state index is -0.265. The van der Waals surface area contributed by atoms with E-state index in [4.69, 9.17) is 18.9 Å². The molecule has 0 bridgehead atoms. The number of hydrogen-bond acceptors (Lipinski definition) is 4. The van der Waals surface area contributed by atoms with Crippen molar-refractivity contribution >= 4 is 0 Å². The molecule has 4 aliphatic heterocycles. The second kappa shape index (κ2) is 12.4. The van der Waals surface area contributed by atoms with Gasteiger partial charge in [-0.05, 0) is 50.7 Å². The fourth-order valence-corrected chi connectivity index (χ4v) is 5.42. The molecule has 4 atom stereocenters. The van der Waals surface area contributed by atoms with Crippen molar-refractivity contribution in [3.8, 4) is 0 Å². The van der Waals surface area contributed by atoms with Crippen LogP contribution in [0, 0.1) is 0 Å². The predicted octanol–water partition coefficient (Wildman–Crippen LogP) is -3.71. The zero-order chi connectivity index (χ0) is 19.5. The van der Waals surface area contributed by atoms with E-state index in [1.54, 1.807) is 0 Å². The quantitative estimate of drug-likeness (QED) is 0.169. The van der Waals surface area contributed by atoms with Crippen LogP contribution in [-0.4, -0.2) is 100 Å². The van der Waals surface area contributed by atoms with Crippen molar-refractivity contribution in [2.45, 2.75) is 63.3 Å². The molecule has 0 aromatic heterocycles. The van der Waals surface area contributed by atoms with E-state index in [1.165, 1.54) is 64.7 Å². The fourth-order valence-electron chi connectivity index (χ4n) is 5.42. The normalized spacial score (nSPS) is 35.7. The third-order valence-corrected chi connectivity index (χ3v) is 7.05. The van der Waals surface area contributed by atoms with E-state index in [1.807, 2.05) is 12.2 Å². The largest absolute Gasteiger partial charge is 1.00 e. The molecule has 4 fully saturated rings. The van der Waals surface area contributed by atoms with Gasteiger partial charge >= 0.3 is 0 Å². The summed E-state index contributed by atoms with van der Waals surface area (Å²) in [5.41, 5.74) is 0. The van der Waals surface area contributed by atoms with Gasteiger partial charge in [-0.15, -0.1) is 0 Å². The summed E-state index contributed by atoms with van der Waals surface area (Å²) in [6.07, 6.45) is 11.9. The summed E-state index contributed by atoms with van der Waals surface area (Å²) < 4.78 is 26.2. The zero-order valence-electron chi connectivity index (χ0n) is 18.6. The Bertz CT molecular complexity index is 493. The maximum atomic E-state index is 6.11. The Labute approximate surface area is 216 Å². The highest BCUT2D eigenvalue weighted by molar-refractivity contribution is 4.92. The van der Waals surface area contributed by atoms with Gasteiger partial charge < -0.3 is 75.9 Å². The number of piperidine rings is 2. The van der Waals surface area contributed by atoms with Crippen LogP contribution in [-0.2, 0) is 18.9 Å². The van der Waals surface area contributed by atoms with E-state index in [0.29, 0.717) is 13.2 Å². The highest BCUT2D eigenvalue weighted by Gasteiger charge is 2.36. The number of nitrogens with zero attached hydrogens (tertiary/aromatic N) is 2. The van der Waals surface area contributed by atoms with E-state index in [-0.39, 0.29) is 72.7 Å². The van der Waals surface area contributed by atoms with Crippen molar-refractivity contribution in [3.05, 3.63) is 12.2 Å². The first-order valence-electron chi connectivity index (χ1n) is 11.4. The maximum Gasteiger partial charge on any atom is 0.177 e. The van der Waals surface area contributed by atoms with Gasteiger partial charge in [0.1, 0.15) is 25.3 Å². The number of rotatable bonds is 6. The summed E-state index contributed by atoms with van der Waals surface area (Å²) in [5, 5.41) is 0. The van der Waals surface area contributed by atoms with E-state index < -0.39 is 0 Å². The van der Waals surface area contributed by atoms with Gasteiger partial charge in [0.15, 0.2) is 12.6 Å². The SMILES string of the molecule is C[N+]1(CC2COC(C=CC3OCC(C[N+]4(C)CCCCC4)O3)O2)CCCCC1.[I-].[I-]. The summed E-state index contributed by atoms with van der Waals surface area (Å²) in [7, 11) is 4.72. The minimum Gasteiger partial charge on any atom is -1.00 e.